The lowest BCUT2D eigenvalue weighted by molar-refractivity contribution is -0.134. The fourth-order valence-electron chi connectivity index (χ4n) is 7.12. The van der Waals surface area contributed by atoms with Crippen LogP contribution in [0.1, 0.15) is 65.2 Å². The maximum Gasteiger partial charge on any atom is 0.300 e. The largest absolute Gasteiger partial charge is 0.481 e. The highest BCUT2D eigenvalue weighted by Crippen LogP contribution is 2.64. The number of rotatable bonds is 3. The van der Waals surface area contributed by atoms with Crippen LogP contribution in [0.2, 0.25) is 19.6 Å². The van der Waals surface area contributed by atoms with E-state index in [-0.39, 0.29) is 16.9 Å². The van der Waals surface area contributed by atoms with E-state index in [1.807, 2.05) is 0 Å². The van der Waals surface area contributed by atoms with Crippen LogP contribution in [0.5, 0.6) is 0 Å². The standard InChI is InChI=1S/C22H36O3Si.C2H4O2/c1-21-11-10-19-17(18(21)7-8-20(21)24)6-5-15-13-16(25-26(2,3)4)9-12-22(15,19)14-23;1-2(3)4/h5,14,16-20,24H,6-13H2,1-4H3;1H3,(H,3,4)/t16-,17-,18-,19-,20-,21-,22+;/m0./s1. The van der Waals surface area contributed by atoms with Crippen molar-refractivity contribution in [1.82, 2.24) is 0 Å². The second kappa shape index (κ2) is 8.51. The summed E-state index contributed by atoms with van der Waals surface area (Å²) >= 11 is 0. The second-order valence-electron chi connectivity index (χ2n) is 11.3. The Morgan fingerprint density at radius 2 is 1.83 bits per heavy atom. The zero-order valence-corrected chi connectivity index (χ0v) is 20.3. The van der Waals surface area contributed by atoms with Crippen molar-refractivity contribution in [3.05, 3.63) is 11.6 Å². The lowest BCUT2D eigenvalue weighted by Crippen LogP contribution is -2.53. The molecule has 2 N–H and O–H groups in total. The van der Waals surface area contributed by atoms with Gasteiger partial charge in [-0.05, 0) is 94.2 Å². The fourth-order valence-corrected chi connectivity index (χ4v) is 8.32. The quantitative estimate of drug-likeness (QED) is 0.377. The summed E-state index contributed by atoms with van der Waals surface area (Å²) in [6.07, 6.45) is 12.2. The number of aliphatic hydroxyl groups is 1. The highest BCUT2D eigenvalue weighted by molar-refractivity contribution is 6.69. The number of aliphatic carboxylic acids is 1. The van der Waals surface area contributed by atoms with Gasteiger partial charge in [-0.2, -0.15) is 0 Å². The molecule has 6 heteroatoms. The molecule has 4 rings (SSSR count). The first-order valence-electron chi connectivity index (χ1n) is 11.6. The molecule has 0 radical (unpaired) electrons. The van der Waals surface area contributed by atoms with Gasteiger partial charge < -0.3 is 19.4 Å². The number of carbonyl (C=O) groups is 2. The molecule has 0 aromatic heterocycles. The first kappa shape index (κ1) is 23.7. The molecular weight excluding hydrogens is 396 g/mol. The van der Waals surface area contributed by atoms with Gasteiger partial charge in [-0.25, -0.2) is 0 Å². The minimum atomic E-state index is -1.55. The highest BCUT2D eigenvalue weighted by atomic mass is 28.4. The molecule has 7 atom stereocenters. The molecule has 0 heterocycles. The van der Waals surface area contributed by atoms with Gasteiger partial charge in [-0.15, -0.1) is 0 Å². The average Bonchev–Trinajstić information content (AvgIpc) is 2.94. The van der Waals surface area contributed by atoms with Crippen molar-refractivity contribution in [2.45, 2.75) is 97.1 Å². The van der Waals surface area contributed by atoms with Crippen molar-refractivity contribution in [1.29, 1.82) is 0 Å². The molecule has 0 aromatic rings. The normalized spacial score (nSPS) is 42.6. The summed E-state index contributed by atoms with van der Waals surface area (Å²) < 4.78 is 6.40. The summed E-state index contributed by atoms with van der Waals surface area (Å²) in [5.74, 6) is 0.812. The van der Waals surface area contributed by atoms with Crippen LogP contribution in [-0.4, -0.2) is 43.0 Å². The van der Waals surface area contributed by atoms with Crippen LogP contribution in [0.4, 0.5) is 0 Å². The Labute approximate surface area is 182 Å². The third kappa shape index (κ3) is 4.33. The van der Waals surface area contributed by atoms with E-state index in [9.17, 15) is 9.90 Å². The monoisotopic (exact) mass is 436 g/mol. The van der Waals surface area contributed by atoms with Crippen LogP contribution in [0, 0.1) is 28.6 Å². The summed E-state index contributed by atoms with van der Waals surface area (Å²) in [4.78, 5) is 21.5. The van der Waals surface area contributed by atoms with Crippen LogP contribution in [0.25, 0.3) is 0 Å². The van der Waals surface area contributed by atoms with Crippen molar-refractivity contribution >= 4 is 20.6 Å². The Kier molecular flexibility index (Phi) is 6.72. The van der Waals surface area contributed by atoms with Crippen LogP contribution in [0.3, 0.4) is 0 Å². The molecule has 0 aromatic carbocycles. The second-order valence-corrected chi connectivity index (χ2v) is 15.7. The summed E-state index contributed by atoms with van der Waals surface area (Å²) in [6.45, 7) is 10.2. The predicted molar refractivity (Wildman–Crippen MR) is 120 cm³/mol. The zero-order chi connectivity index (χ0) is 22.3. The van der Waals surface area contributed by atoms with Gasteiger partial charge in [-0.3, -0.25) is 4.79 Å². The van der Waals surface area contributed by atoms with E-state index in [0.717, 1.165) is 58.3 Å². The summed E-state index contributed by atoms with van der Waals surface area (Å²) in [6, 6.07) is 0. The molecule has 3 fully saturated rings. The number of aliphatic hydroxyl groups excluding tert-OH is 1. The van der Waals surface area contributed by atoms with E-state index in [2.05, 4.69) is 32.6 Å². The van der Waals surface area contributed by atoms with Gasteiger partial charge >= 0.3 is 0 Å². The molecule has 0 saturated heterocycles. The first-order chi connectivity index (χ1) is 13.9. The molecule has 0 unspecified atom stereocenters. The Bertz CT molecular complexity index is 694. The number of allylic oxidation sites excluding steroid dienone is 1. The molecule has 3 saturated carbocycles. The summed E-state index contributed by atoms with van der Waals surface area (Å²) in [5, 5.41) is 18.0. The molecule has 4 aliphatic rings. The third-order valence-corrected chi connectivity index (χ3v) is 9.38. The molecule has 0 spiro atoms. The minimum Gasteiger partial charge on any atom is -0.481 e. The van der Waals surface area contributed by atoms with Crippen molar-refractivity contribution in [2.75, 3.05) is 0 Å². The Balaban J connectivity index is 0.000000589. The molecule has 170 valence electrons. The Morgan fingerprint density at radius 1 is 1.17 bits per heavy atom. The SMILES string of the molecule is CC(=O)O.C[C@]12CC[C@H]3[C@@H](CC=C4C[C@@H](O[Si](C)(C)C)CC[C@@]43C=O)[C@@H]1CC[C@@H]2O. The molecule has 30 heavy (non-hydrogen) atoms. The molecule has 0 amide bonds. The van der Waals surface area contributed by atoms with E-state index in [1.165, 1.54) is 11.9 Å². The summed E-state index contributed by atoms with van der Waals surface area (Å²) in [7, 11) is -1.55. The topological polar surface area (TPSA) is 83.8 Å². The van der Waals surface area contributed by atoms with Crippen molar-refractivity contribution < 1.29 is 24.2 Å². The number of carbonyl (C=O) groups excluding carboxylic acids is 1. The van der Waals surface area contributed by atoms with Crippen LogP contribution in [0.15, 0.2) is 11.6 Å². The third-order valence-electron chi connectivity index (χ3n) is 8.34. The van der Waals surface area contributed by atoms with E-state index < -0.39 is 14.3 Å². The van der Waals surface area contributed by atoms with Crippen molar-refractivity contribution in [2.24, 2.45) is 28.6 Å². The fraction of sp³-hybridized carbons (Fsp3) is 0.833. The van der Waals surface area contributed by atoms with Gasteiger partial charge in [0, 0.05) is 13.0 Å². The predicted octanol–water partition coefficient (Wildman–Crippen LogP) is 4.80. The molecule has 4 aliphatic carbocycles. The van der Waals surface area contributed by atoms with Crippen LogP contribution < -0.4 is 0 Å². The lowest BCUT2D eigenvalue weighted by atomic mass is 9.48. The van der Waals surface area contributed by atoms with Gasteiger partial charge in [0.05, 0.1) is 11.5 Å². The number of fused-ring (bicyclic) bond motifs is 5. The van der Waals surface area contributed by atoms with E-state index in [1.54, 1.807) is 0 Å². The molecule has 0 aliphatic heterocycles. The Morgan fingerprint density at radius 3 is 2.43 bits per heavy atom. The summed E-state index contributed by atoms with van der Waals surface area (Å²) in [5.41, 5.74) is 1.22. The van der Waals surface area contributed by atoms with E-state index >= 15 is 0 Å². The number of carboxylic acids is 1. The van der Waals surface area contributed by atoms with E-state index in [0.29, 0.717) is 23.9 Å². The number of aldehydes is 1. The van der Waals surface area contributed by atoms with Crippen molar-refractivity contribution in [3.8, 4) is 0 Å². The van der Waals surface area contributed by atoms with Crippen LogP contribution >= 0.6 is 0 Å². The van der Waals surface area contributed by atoms with Gasteiger partial charge in [0.1, 0.15) is 6.29 Å². The number of hydrogen-bond donors (Lipinski definition) is 2. The number of hydrogen-bond acceptors (Lipinski definition) is 4. The minimum absolute atomic E-state index is 0.0781. The highest BCUT2D eigenvalue weighted by Gasteiger charge is 2.59. The lowest BCUT2D eigenvalue weighted by Gasteiger charge is -2.57. The zero-order valence-electron chi connectivity index (χ0n) is 19.3. The maximum atomic E-state index is 12.5. The molecule has 5 nitrogen and oxygen atoms in total. The van der Waals surface area contributed by atoms with Crippen LogP contribution in [-0.2, 0) is 14.0 Å². The smallest absolute Gasteiger partial charge is 0.300 e. The molecular formula is C24H40O5Si. The average molecular weight is 437 g/mol. The van der Waals surface area contributed by atoms with Gasteiger partial charge in [0.2, 0.25) is 0 Å². The Hall–Kier alpha value is -0.983. The first-order valence-corrected chi connectivity index (χ1v) is 15.0. The van der Waals surface area contributed by atoms with Gasteiger partial charge in [-0.1, -0.05) is 18.6 Å². The van der Waals surface area contributed by atoms with Gasteiger partial charge in [0.25, 0.3) is 5.97 Å². The van der Waals surface area contributed by atoms with E-state index in [4.69, 9.17) is 14.3 Å². The van der Waals surface area contributed by atoms with Gasteiger partial charge in [0.15, 0.2) is 8.32 Å². The maximum absolute atomic E-state index is 12.5. The molecule has 0 bridgehead atoms. The van der Waals surface area contributed by atoms with Crippen molar-refractivity contribution in [3.63, 3.8) is 0 Å². The number of carboxylic acid groups (broad SMARTS) is 1.